The predicted octanol–water partition coefficient (Wildman–Crippen LogP) is 3.76. The highest BCUT2D eigenvalue weighted by molar-refractivity contribution is 5.78. The van der Waals surface area contributed by atoms with Gasteiger partial charge in [-0.15, -0.1) is 0 Å². The summed E-state index contributed by atoms with van der Waals surface area (Å²) in [5.41, 5.74) is 1.26. The summed E-state index contributed by atoms with van der Waals surface area (Å²) in [7, 11) is 0. The first-order valence-electron chi connectivity index (χ1n) is 12.0. The van der Waals surface area contributed by atoms with E-state index in [0.717, 1.165) is 37.3 Å². The van der Waals surface area contributed by atoms with Crippen LogP contribution < -0.4 is 0 Å². The molecule has 2 saturated heterocycles. The van der Waals surface area contributed by atoms with E-state index in [-0.39, 0.29) is 0 Å². The number of piperidine rings is 2. The molecule has 1 aromatic rings. The molecule has 1 saturated carbocycles. The summed E-state index contributed by atoms with van der Waals surface area (Å²) in [6.45, 7) is 11.4. The van der Waals surface area contributed by atoms with Gasteiger partial charge in [-0.1, -0.05) is 0 Å². The Kier molecular flexibility index (Phi) is 7.07. The van der Waals surface area contributed by atoms with Crippen molar-refractivity contribution in [1.29, 1.82) is 0 Å². The van der Waals surface area contributed by atoms with Crippen molar-refractivity contribution in [1.82, 2.24) is 19.6 Å². The van der Waals surface area contributed by atoms with Crippen LogP contribution in [0, 0.1) is 24.7 Å². The van der Waals surface area contributed by atoms with Gasteiger partial charge in [-0.3, -0.25) is 9.48 Å². The molecule has 1 aromatic heterocycles. The van der Waals surface area contributed by atoms with Gasteiger partial charge >= 0.3 is 0 Å². The van der Waals surface area contributed by atoms with Gasteiger partial charge in [0, 0.05) is 31.2 Å². The maximum absolute atomic E-state index is 11.6. The maximum atomic E-state index is 11.6. The molecule has 162 valence electrons. The van der Waals surface area contributed by atoms with E-state index < -0.39 is 0 Å². The second-order valence-corrected chi connectivity index (χ2v) is 10.1. The summed E-state index contributed by atoms with van der Waals surface area (Å²) in [5.74, 6) is 2.43. The lowest BCUT2D eigenvalue weighted by atomic mass is 9.82. The second kappa shape index (κ2) is 9.74. The number of nitrogens with zero attached hydrogens (tertiary/aromatic N) is 4. The minimum absolute atomic E-state index is 0.351. The van der Waals surface area contributed by atoms with E-state index in [1.54, 1.807) is 6.92 Å². The van der Waals surface area contributed by atoms with Crippen molar-refractivity contribution in [3.63, 3.8) is 0 Å². The Morgan fingerprint density at radius 2 is 1.55 bits per heavy atom. The zero-order valence-electron chi connectivity index (χ0n) is 18.6. The summed E-state index contributed by atoms with van der Waals surface area (Å²) in [6, 6.07) is 0.744. The average molecular weight is 401 g/mol. The number of carbonyl (C=O) groups excluding carboxylic acids is 1. The number of aryl methyl sites for hydroxylation is 1. The third-order valence-electron chi connectivity index (χ3n) is 7.87. The van der Waals surface area contributed by atoms with Crippen molar-refractivity contribution >= 4 is 5.78 Å². The van der Waals surface area contributed by atoms with Crippen LogP contribution in [0.2, 0.25) is 0 Å². The van der Waals surface area contributed by atoms with Crippen LogP contribution >= 0.6 is 0 Å². The first-order valence-corrected chi connectivity index (χ1v) is 12.0. The first-order chi connectivity index (χ1) is 14.1. The van der Waals surface area contributed by atoms with Crippen molar-refractivity contribution in [2.75, 3.05) is 32.7 Å². The van der Waals surface area contributed by atoms with Crippen LogP contribution in [-0.4, -0.2) is 64.1 Å². The molecule has 0 bridgehead atoms. The van der Waals surface area contributed by atoms with Crippen LogP contribution in [-0.2, 0) is 11.3 Å². The van der Waals surface area contributed by atoms with Crippen LogP contribution in [0.25, 0.3) is 0 Å². The molecule has 0 radical (unpaired) electrons. The Morgan fingerprint density at radius 1 is 0.931 bits per heavy atom. The molecular formula is C24H40N4O. The van der Waals surface area contributed by atoms with E-state index in [2.05, 4.69) is 32.7 Å². The third-order valence-corrected chi connectivity index (χ3v) is 7.87. The minimum atomic E-state index is 0.351. The van der Waals surface area contributed by atoms with Gasteiger partial charge in [0.15, 0.2) is 0 Å². The topological polar surface area (TPSA) is 41.4 Å². The number of rotatable bonds is 6. The van der Waals surface area contributed by atoms with E-state index in [9.17, 15) is 4.79 Å². The highest BCUT2D eigenvalue weighted by Gasteiger charge is 2.31. The second-order valence-electron chi connectivity index (χ2n) is 10.1. The Balaban J connectivity index is 1.13. The Labute approximate surface area is 176 Å². The fourth-order valence-corrected chi connectivity index (χ4v) is 5.90. The number of ketones is 1. The SMILES string of the molecule is CC(=O)C1CCC(N2CCC(CN3CCC(Cn4cc(C)cn4)CC3)CC2)CC1. The van der Waals surface area contributed by atoms with Gasteiger partial charge in [-0.2, -0.15) is 5.10 Å². The molecule has 0 unspecified atom stereocenters. The number of carbonyl (C=O) groups is 1. The highest BCUT2D eigenvalue weighted by atomic mass is 16.1. The summed E-state index contributed by atoms with van der Waals surface area (Å²) >= 11 is 0. The van der Waals surface area contributed by atoms with Gasteiger partial charge in [-0.05, 0) is 109 Å². The molecule has 5 heteroatoms. The molecule has 0 aromatic carbocycles. The van der Waals surface area contributed by atoms with Crippen molar-refractivity contribution in [2.24, 2.45) is 17.8 Å². The largest absolute Gasteiger partial charge is 0.303 e. The molecule has 3 heterocycles. The van der Waals surface area contributed by atoms with E-state index >= 15 is 0 Å². The number of Topliss-reactive ketones (excluding diaryl/α,β-unsaturated/α-hetero) is 1. The van der Waals surface area contributed by atoms with Crippen LogP contribution in [0.15, 0.2) is 12.4 Å². The molecule has 1 aliphatic carbocycles. The smallest absolute Gasteiger partial charge is 0.132 e. The molecule has 29 heavy (non-hydrogen) atoms. The highest BCUT2D eigenvalue weighted by Crippen LogP contribution is 2.31. The van der Waals surface area contributed by atoms with Gasteiger partial charge < -0.3 is 9.80 Å². The normalized spacial score (nSPS) is 28.6. The fourth-order valence-electron chi connectivity index (χ4n) is 5.90. The van der Waals surface area contributed by atoms with E-state index in [1.165, 1.54) is 76.8 Å². The van der Waals surface area contributed by atoms with Crippen LogP contribution in [0.1, 0.15) is 63.9 Å². The molecule has 3 fully saturated rings. The number of hydrogen-bond acceptors (Lipinski definition) is 4. The lowest BCUT2D eigenvalue weighted by molar-refractivity contribution is -0.122. The minimum Gasteiger partial charge on any atom is -0.303 e. The molecule has 0 N–H and O–H groups in total. The molecule has 5 nitrogen and oxygen atoms in total. The summed E-state index contributed by atoms with van der Waals surface area (Å²) < 4.78 is 2.13. The van der Waals surface area contributed by atoms with Crippen molar-refractivity contribution < 1.29 is 4.79 Å². The van der Waals surface area contributed by atoms with E-state index in [1.807, 2.05) is 6.20 Å². The number of aromatic nitrogens is 2. The fraction of sp³-hybridized carbons (Fsp3) is 0.833. The Bertz CT molecular complexity index is 648. The quantitative estimate of drug-likeness (QED) is 0.729. The third kappa shape index (κ3) is 5.69. The van der Waals surface area contributed by atoms with Gasteiger partial charge in [0.25, 0.3) is 0 Å². The zero-order valence-corrected chi connectivity index (χ0v) is 18.6. The lowest BCUT2D eigenvalue weighted by Crippen LogP contribution is -2.46. The summed E-state index contributed by atoms with van der Waals surface area (Å²) in [5, 5.41) is 4.46. The monoisotopic (exact) mass is 400 g/mol. The van der Waals surface area contributed by atoms with E-state index in [0.29, 0.717) is 11.7 Å². The lowest BCUT2D eigenvalue weighted by Gasteiger charge is -2.42. The Morgan fingerprint density at radius 3 is 2.14 bits per heavy atom. The van der Waals surface area contributed by atoms with Crippen molar-refractivity contribution in [2.45, 2.75) is 77.8 Å². The molecule has 0 amide bonds. The van der Waals surface area contributed by atoms with Crippen LogP contribution in [0.5, 0.6) is 0 Å². The zero-order chi connectivity index (χ0) is 20.2. The number of likely N-dealkylation sites (tertiary alicyclic amines) is 2. The predicted molar refractivity (Wildman–Crippen MR) is 117 cm³/mol. The molecule has 0 spiro atoms. The van der Waals surface area contributed by atoms with E-state index in [4.69, 9.17) is 0 Å². The van der Waals surface area contributed by atoms with Crippen molar-refractivity contribution in [3.05, 3.63) is 18.0 Å². The van der Waals surface area contributed by atoms with Gasteiger partial charge in [0.1, 0.15) is 5.78 Å². The summed E-state index contributed by atoms with van der Waals surface area (Å²) in [4.78, 5) is 17.1. The van der Waals surface area contributed by atoms with Crippen LogP contribution in [0.4, 0.5) is 0 Å². The Hall–Kier alpha value is -1.20. The average Bonchev–Trinajstić information content (AvgIpc) is 3.15. The molecular weight excluding hydrogens is 360 g/mol. The van der Waals surface area contributed by atoms with Gasteiger partial charge in [-0.25, -0.2) is 0 Å². The van der Waals surface area contributed by atoms with Crippen molar-refractivity contribution in [3.8, 4) is 0 Å². The molecule has 4 rings (SSSR count). The molecule has 3 aliphatic rings. The summed E-state index contributed by atoms with van der Waals surface area (Å²) in [6.07, 6.45) is 14.2. The maximum Gasteiger partial charge on any atom is 0.132 e. The van der Waals surface area contributed by atoms with Gasteiger partial charge in [0.05, 0.1) is 6.20 Å². The standard InChI is InChI=1S/C24H40N4O/c1-19-15-25-28(16-19)18-22-7-11-26(12-8-22)17-21-9-13-27(14-10-21)24-5-3-23(4-6-24)20(2)29/h15-16,21-24H,3-14,17-18H2,1-2H3. The van der Waals surface area contributed by atoms with Gasteiger partial charge in [0.2, 0.25) is 0 Å². The molecule has 0 atom stereocenters. The number of hydrogen-bond donors (Lipinski definition) is 0. The first kappa shape index (κ1) is 21.0. The molecule has 2 aliphatic heterocycles. The van der Waals surface area contributed by atoms with Crippen LogP contribution in [0.3, 0.4) is 0 Å².